The highest BCUT2D eigenvalue weighted by atomic mass is 19.4. The third-order valence-corrected chi connectivity index (χ3v) is 4.66. The maximum absolute atomic E-state index is 13.2. The molecule has 0 atom stereocenters. The molecule has 0 fully saturated rings. The normalized spacial score (nSPS) is 11.9. The van der Waals surface area contributed by atoms with Crippen molar-refractivity contribution in [1.29, 1.82) is 0 Å². The number of carbonyl (C=O) groups excluding carboxylic acids is 1. The topological polar surface area (TPSA) is 68.4 Å². The van der Waals surface area contributed by atoms with Gasteiger partial charge in [-0.25, -0.2) is 4.98 Å². The zero-order valence-electron chi connectivity index (χ0n) is 15.4. The predicted molar refractivity (Wildman–Crippen MR) is 102 cm³/mol. The lowest BCUT2D eigenvalue weighted by Crippen LogP contribution is -2.18. The van der Waals surface area contributed by atoms with Crippen molar-refractivity contribution >= 4 is 28.3 Å². The highest BCUT2D eigenvalue weighted by molar-refractivity contribution is 6.06. The Labute approximate surface area is 162 Å². The van der Waals surface area contributed by atoms with Gasteiger partial charge in [0.2, 0.25) is 0 Å². The number of hydrogen-bond acceptors (Lipinski definition) is 3. The van der Waals surface area contributed by atoms with Gasteiger partial charge in [0.05, 0.1) is 16.6 Å². The number of alkyl halides is 3. The van der Waals surface area contributed by atoms with Crippen LogP contribution in [0.15, 0.2) is 53.5 Å². The van der Waals surface area contributed by atoms with Gasteiger partial charge >= 0.3 is 6.18 Å². The number of aromatic nitrogens is 3. The molecule has 0 spiro atoms. The molecule has 1 aromatic carbocycles. The molecule has 0 unspecified atom stereocenters. The molecule has 6 nitrogen and oxygen atoms in total. The van der Waals surface area contributed by atoms with Crippen LogP contribution < -0.4 is 10.9 Å². The van der Waals surface area contributed by atoms with E-state index in [1.165, 1.54) is 40.3 Å². The van der Waals surface area contributed by atoms with Gasteiger partial charge in [0, 0.05) is 13.2 Å². The Morgan fingerprint density at radius 3 is 2.59 bits per heavy atom. The molecule has 0 bridgehead atoms. The highest BCUT2D eigenvalue weighted by Gasteiger charge is 2.33. The molecule has 0 aliphatic carbocycles. The van der Waals surface area contributed by atoms with Crippen LogP contribution in [0.1, 0.15) is 21.6 Å². The average molecular weight is 400 g/mol. The number of carbonyl (C=O) groups is 1. The summed E-state index contributed by atoms with van der Waals surface area (Å²) < 4.78 is 42.3. The summed E-state index contributed by atoms with van der Waals surface area (Å²) in [4.78, 5) is 29.9. The largest absolute Gasteiger partial charge is 0.418 e. The molecule has 0 saturated heterocycles. The fraction of sp³-hybridized carbons (Fsp3) is 0.150. The van der Waals surface area contributed by atoms with Crippen molar-refractivity contribution in [1.82, 2.24) is 14.0 Å². The van der Waals surface area contributed by atoms with Gasteiger partial charge in [-0.1, -0.05) is 18.2 Å². The summed E-state index contributed by atoms with van der Waals surface area (Å²) in [6, 6.07) is 9.53. The summed E-state index contributed by atoms with van der Waals surface area (Å²) >= 11 is 0. The van der Waals surface area contributed by atoms with Gasteiger partial charge in [-0.15, -0.1) is 0 Å². The van der Waals surface area contributed by atoms with Crippen molar-refractivity contribution in [2.75, 3.05) is 5.32 Å². The summed E-state index contributed by atoms with van der Waals surface area (Å²) in [6.07, 6.45) is -2.98. The monoisotopic (exact) mass is 400 g/mol. The number of para-hydroxylation sites is 1. The molecule has 1 N–H and O–H groups in total. The molecule has 0 aliphatic rings. The number of benzene rings is 1. The van der Waals surface area contributed by atoms with Crippen LogP contribution in [0.2, 0.25) is 0 Å². The number of amides is 1. The van der Waals surface area contributed by atoms with Gasteiger partial charge in [0.1, 0.15) is 17.0 Å². The van der Waals surface area contributed by atoms with Crippen molar-refractivity contribution in [3.63, 3.8) is 0 Å². The molecule has 9 heteroatoms. The number of fused-ring (bicyclic) bond motifs is 2. The number of rotatable bonds is 2. The Hall–Kier alpha value is -3.62. The summed E-state index contributed by atoms with van der Waals surface area (Å²) in [5.74, 6) is -0.771. The van der Waals surface area contributed by atoms with Crippen LogP contribution in [0.5, 0.6) is 0 Å². The Bertz CT molecular complexity index is 1340. The minimum Gasteiger partial charge on any atom is -0.324 e. The van der Waals surface area contributed by atoms with E-state index < -0.39 is 17.6 Å². The predicted octanol–water partition coefficient (Wildman–Crippen LogP) is 3.77. The molecule has 29 heavy (non-hydrogen) atoms. The van der Waals surface area contributed by atoms with Gasteiger partial charge in [-0.3, -0.25) is 14.0 Å². The summed E-state index contributed by atoms with van der Waals surface area (Å²) in [5.41, 5.74) is -0.115. The number of aryl methyl sites for hydroxylation is 2. The van der Waals surface area contributed by atoms with Crippen LogP contribution in [0, 0.1) is 6.92 Å². The molecule has 0 saturated carbocycles. The molecule has 0 radical (unpaired) electrons. The minimum absolute atomic E-state index is 0.0224. The van der Waals surface area contributed by atoms with Crippen LogP contribution in [-0.4, -0.2) is 19.9 Å². The molecule has 3 heterocycles. The molecule has 3 aromatic heterocycles. The van der Waals surface area contributed by atoms with E-state index in [9.17, 15) is 22.8 Å². The lowest BCUT2D eigenvalue weighted by Gasteiger charge is -2.13. The van der Waals surface area contributed by atoms with E-state index in [1.807, 2.05) is 6.92 Å². The standard InChI is InChI=1S/C20H15F3N4O2/c1-11-7-8-16-25-17-12(19(29)27(16)10-11)9-15(26(17)2)18(28)24-14-6-4-3-5-13(14)20(21,22)23/h3-10H,1-2H3,(H,24,28). The number of nitrogens with zero attached hydrogens (tertiary/aromatic N) is 3. The molecule has 1 amide bonds. The van der Waals surface area contributed by atoms with Gasteiger partial charge in [0.25, 0.3) is 11.5 Å². The second kappa shape index (κ2) is 6.47. The maximum atomic E-state index is 13.2. The van der Waals surface area contributed by atoms with Crippen LogP contribution in [0.25, 0.3) is 16.7 Å². The van der Waals surface area contributed by atoms with E-state index in [1.54, 1.807) is 18.3 Å². The Morgan fingerprint density at radius 2 is 1.86 bits per heavy atom. The third-order valence-electron chi connectivity index (χ3n) is 4.66. The molecule has 0 aliphatic heterocycles. The fourth-order valence-electron chi connectivity index (χ4n) is 3.22. The van der Waals surface area contributed by atoms with Crippen molar-refractivity contribution in [3.8, 4) is 0 Å². The van der Waals surface area contributed by atoms with E-state index >= 15 is 0 Å². The average Bonchev–Trinajstić information content (AvgIpc) is 2.99. The minimum atomic E-state index is -4.61. The smallest absolute Gasteiger partial charge is 0.324 e. The summed E-state index contributed by atoms with van der Waals surface area (Å²) in [7, 11) is 1.53. The Balaban J connectivity index is 1.82. The van der Waals surface area contributed by atoms with Crippen molar-refractivity contribution < 1.29 is 18.0 Å². The van der Waals surface area contributed by atoms with Crippen LogP contribution >= 0.6 is 0 Å². The molecular formula is C20H15F3N4O2. The third kappa shape index (κ3) is 3.14. The van der Waals surface area contributed by atoms with Gasteiger partial charge < -0.3 is 9.88 Å². The fourth-order valence-corrected chi connectivity index (χ4v) is 3.22. The van der Waals surface area contributed by atoms with Crippen LogP contribution in [-0.2, 0) is 13.2 Å². The zero-order valence-corrected chi connectivity index (χ0v) is 15.4. The molecule has 4 aromatic rings. The first-order valence-electron chi connectivity index (χ1n) is 8.63. The first-order chi connectivity index (χ1) is 13.7. The number of halogens is 3. The van der Waals surface area contributed by atoms with E-state index in [0.29, 0.717) is 5.65 Å². The van der Waals surface area contributed by atoms with Gasteiger partial charge in [0.15, 0.2) is 0 Å². The first-order valence-corrected chi connectivity index (χ1v) is 8.63. The quantitative estimate of drug-likeness (QED) is 0.557. The van der Waals surface area contributed by atoms with Crippen LogP contribution in [0.4, 0.5) is 18.9 Å². The highest BCUT2D eigenvalue weighted by Crippen LogP contribution is 2.34. The summed E-state index contributed by atoms with van der Waals surface area (Å²) in [5, 5.41) is 2.49. The summed E-state index contributed by atoms with van der Waals surface area (Å²) in [6.45, 7) is 1.83. The molecule has 4 rings (SSSR count). The van der Waals surface area contributed by atoms with Gasteiger partial charge in [-0.05, 0) is 36.8 Å². The Morgan fingerprint density at radius 1 is 1.14 bits per heavy atom. The molecule has 148 valence electrons. The number of nitrogens with one attached hydrogen (secondary N) is 1. The zero-order chi connectivity index (χ0) is 20.9. The van der Waals surface area contributed by atoms with Crippen LogP contribution in [0.3, 0.4) is 0 Å². The number of anilines is 1. The lowest BCUT2D eigenvalue weighted by molar-refractivity contribution is -0.136. The lowest BCUT2D eigenvalue weighted by atomic mass is 10.1. The van der Waals surface area contributed by atoms with Crippen molar-refractivity contribution in [2.45, 2.75) is 13.1 Å². The number of pyridine rings is 1. The van der Waals surface area contributed by atoms with Crippen molar-refractivity contribution in [3.05, 3.63) is 75.8 Å². The second-order valence-electron chi connectivity index (χ2n) is 6.67. The van der Waals surface area contributed by atoms with Gasteiger partial charge in [-0.2, -0.15) is 13.2 Å². The van der Waals surface area contributed by atoms with Crippen molar-refractivity contribution in [2.24, 2.45) is 7.05 Å². The SMILES string of the molecule is Cc1ccc2nc3c(cc(C(=O)Nc4ccccc4C(F)(F)F)n3C)c(=O)n2c1. The Kier molecular flexibility index (Phi) is 4.18. The second-order valence-corrected chi connectivity index (χ2v) is 6.67. The van der Waals surface area contributed by atoms with E-state index in [4.69, 9.17) is 0 Å². The first kappa shape index (κ1) is 18.7. The van der Waals surface area contributed by atoms with E-state index in [-0.39, 0.29) is 28.0 Å². The number of hydrogen-bond donors (Lipinski definition) is 1. The maximum Gasteiger partial charge on any atom is 0.418 e. The van der Waals surface area contributed by atoms with E-state index in [0.717, 1.165) is 11.6 Å². The molecular weight excluding hydrogens is 385 g/mol. The van der Waals surface area contributed by atoms with E-state index in [2.05, 4.69) is 10.3 Å².